The van der Waals surface area contributed by atoms with E-state index in [4.69, 9.17) is 9.79 Å². The summed E-state index contributed by atoms with van der Waals surface area (Å²) in [5.41, 5.74) is 0.0374. The molecule has 0 amide bonds. The van der Waals surface area contributed by atoms with Crippen LogP contribution >= 0.6 is 7.82 Å². The van der Waals surface area contributed by atoms with Crippen LogP contribution in [0.3, 0.4) is 0 Å². The van der Waals surface area contributed by atoms with Gasteiger partial charge >= 0.3 is 7.82 Å². The summed E-state index contributed by atoms with van der Waals surface area (Å²) in [7, 11) is -4.76. The number of hydrogen-bond donors (Lipinski definition) is 4. The van der Waals surface area contributed by atoms with E-state index in [0.29, 0.717) is 5.56 Å². The third-order valence-corrected chi connectivity index (χ3v) is 2.57. The van der Waals surface area contributed by atoms with Crippen molar-refractivity contribution in [1.82, 2.24) is 0 Å². The molecule has 0 spiro atoms. The van der Waals surface area contributed by atoms with Gasteiger partial charge in [-0.3, -0.25) is 9.79 Å². The molecule has 0 heterocycles. The van der Waals surface area contributed by atoms with E-state index < -0.39 is 30.5 Å². The second-order valence-corrected chi connectivity index (χ2v) is 5.80. The third-order valence-electron chi connectivity index (χ3n) is 2.14. The minimum atomic E-state index is -4.76. The smallest absolute Gasteiger partial charge is 0.504 e. The molecule has 6 nitrogen and oxygen atoms in total. The minimum absolute atomic E-state index is 0.414. The standard InChI is InChI=1S/C10H15O6P/c1-10(2,3)6-4-5-7(9(12)8(6)11)16-17(13,14)15/h4-5,11-12H,1-3H3,(H2,13,14,15). The molecular weight excluding hydrogens is 247 g/mol. The predicted octanol–water partition coefficient (Wildman–Crippen LogP) is 1.87. The van der Waals surface area contributed by atoms with E-state index in [2.05, 4.69) is 4.52 Å². The van der Waals surface area contributed by atoms with Gasteiger partial charge in [-0.25, -0.2) is 4.57 Å². The summed E-state index contributed by atoms with van der Waals surface area (Å²) in [5, 5.41) is 19.3. The zero-order chi connectivity index (χ0) is 13.4. The lowest BCUT2D eigenvalue weighted by Gasteiger charge is -2.21. The van der Waals surface area contributed by atoms with Crippen molar-refractivity contribution in [2.45, 2.75) is 26.2 Å². The van der Waals surface area contributed by atoms with Gasteiger partial charge in [0, 0.05) is 5.56 Å². The summed E-state index contributed by atoms with van der Waals surface area (Å²) >= 11 is 0. The molecule has 1 rings (SSSR count). The van der Waals surface area contributed by atoms with Crippen LogP contribution in [0.5, 0.6) is 17.2 Å². The number of phosphoric acid groups is 1. The molecule has 0 atom stereocenters. The Hall–Kier alpha value is -1.23. The summed E-state index contributed by atoms with van der Waals surface area (Å²) in [6.07, 6.45) is 0. The molecule has 96 valence electrons. The van der Waals surface area contributed by atoms with Gasteiger partial charge in [0.05, 0.1) is 0 Å². The highest BCUT2D eigenvalue weighted by molar-refractivity contribution is 7.46. The molecule has 0 aliphatic carbocycles. The van der Waals surface area contributed by atoms with Gasteiger partial charge < -0.3 is 14.7 Å². The highest BCUT2D eigenvalue weighted by Gasteiger charge is 2.25. The number of hydrogen-bond acceptors (Lipinski definition) is 4. The molecule has 0 fully saturated rings. The van der Waals surface area contributed by atoms with E-state index in [-0.39, 0.29) is 0 Å². The van der Waals surface area contributed by atoms with Gasteiger partial charge in [0.15, 0.2) is 11.5 Å². The van der Waals surface area contributed by atoms with E-state index in [1.165, 1.54) is 12.1 Å². The second-order valence-electron chi connectivity index (χ2n) is 4.64. The van der Waals surface area contributed by atoms with E-state index in [1.54, 1.807) is 0 Å². The second kappa shape index (κ2) is 4.22. The maximum atomic E-state index is 10.6. The highest BCUT2D eigenvalue weighted by Crippen LogP contribution is 2.47. The van der Waals surface area contributed by atoms with Crippen molar-refractivity contribution < 1.29 is 29.1 Å². The summed E-state index contributed by atoms with van der Waals surface area (Å²) in [5.74, 6) is -1.58. The Morgan fingerprint density at radius 3 is 2.06 bits per heavy atom. The van der Waals surface area contributed by atoms with Gasteiger partial charge in [0.25, 0.3) is 0 Å². The number of benzene rings is 1. The molecule has 0 aliphatic heterocycles. The van der Waals surface area contributed by atoms with Crippen LogP contribution in [0.2, 0.25) is 0 Å². The SMILES string of the molecule is CC(C)(C)c1ccc(OP(=O)(O)O)c(O)c1O. The number of phosphoric ester groups is 1. The van der Waals surface area contributed by atoms with Gasteiger partial charge in [-0.1, -0.05) is 26.8 Å². The fourth-order valence-corrected chi connectivity index (χ4v) is 1.77. The van der Waals surface area contributed by atoms with Crippen molar-refractivity contribution in [3.05, 3.63) is 17.7 Å². The Bertz CT molecular complexity index is 470. The molecule has 7 heteroatoms. The molecule has 1 aromatic rings. The minimum Gasteiger partial charge on any atom is -0.504 e. The van der Waals surface area contributed by atoms with Crippen LogP contribution in [0.1, 0.15) is 26.3 Å². The molecule has 0 aliphatic rings. The highest BCUT2D eigenvalue weighted by atomic mass is 31.2. The first-order chi connectivity index (χ1) is 7.52. The first-order valence-electron chi connectivity index (χ1n) is 4.83. The van der Waals surface area contributed by atoms with Crippen LogP contribution in [-0.2, 0) is 9.98 Å². The lowest BCUT2D eigenvalue weighted by atomic mass is 9.86. The molecule has 0 bridgehead atoms. The van der Waals surface area contributed by atoms with Crippen molar-refractivity contribution in [3.8, 4) is 17.2 Å². The summed E-state index contributed by atoms with van der Waals surface area (Å²) in [6, 6.07) is 2.65. The van der Waals surface area contributed by atoms with Gasteiger partial charge in [-0.2, -0.15) is 0 Å². The van der Waals surface area contributed by atoms with Crippen LogP contribution in [0.15, 0.2) is 12.1 Å². The molecular formula is C10H15O6P. The van der Waals surface area contributed by atoms with Crippen molar-refractivity contribution in [1.29, 1.82) is 0 Å². The predicted molar refractivity (Wildman–Crippen MR) is 61.1 cm³/mol. The van der Waals surface area contributed by atoms with Crippen molar-refractivity contribution >= 4 is 7.82 Å². The Morgan fingerprint density at radius 2 is 1.65 bits per heavy atom. The van der Waals surface area contributed by atoms with Crippen molar-refractivity contribution in [2.75, 3.05) is 0 Å². The van der Waals surface area contributed by atoms with Crippen molar-refractivity contribution in [3.63, 3.8) is 0 Å². The molecule has 1 aromatic carbocycles. The molecule has 0 saturated carbocycles. The zero-order valence-electron chi connectivity index (χ0n) is 9.71. The maximum Gasteiger partial charge on any atom is 0.524 e. The summed E-state index contributed by atoms with van der Waals surface area (Å²) in [6.45, 7) is 5.47. The van der Waals surface area contributed by atoms with Crippen LogP contribution in [0.4, 0.5) is 0 Å². The maximum absolute atomic E-state index is 10.6. The zero-order valence-corrected chi connectivity index (χ0v) is 10.6. The van der Waals surface area contributed by atoms with E-state index >= 15 is 0 Å². The largest absolute Gasteiger partial charge is 0.524 e. The quantitative estimate of drug-likeness (QED) is 0.478. The number of phenolic OH excluding ortho intramolecular Hbond substituents is 2. The lowest BCUT2D eigenvalue weighted by molar-refractivity contribution is 0.275. The molecule has 0 radical (unpaired) electrons. The monoisotopic (exact) mass is 262 g/mol. The summed E-state index contributed by atoms with van der Waals surface area (Å²) in [4.78, 5) is 17.2. The van der Waals surface area contributed by atoms with Gasteiger partial charge in [-0.15, -0.1) is 0 Å². The Labute approximate surface area is 98.7 Å². The van der Waals surface area contributed by atoms with E-state index in [9.17, 15) is 14.8 Å². The lowest BCUT2D eigenvalue weighted by Crippen LogP contribution is -2.11. The Morgan fingerprint density at radius 1 is 1.12 bits per heavy atom. The van der Waals surface area contributed by atoms with Crippen LogP contribution in [0.25, 0.3) is 0 Å². The first kappa shape index (κ1) is 13.8. The van der Waals surface area contributed by atoms with Gasteiger partial charge in [0.1, 0.15) is 0 Å². The van der Waals surface area contributed by atoms with Crippen LogP contribution in [0, 0.1) is 0 Å². The Kier molecular flexibility index (Phi) is 3.43. The molecule has 0 unspecified atom stereocenters. The fraction of sp³-hybridized carbons (Fsp3) is 0.400. The van der Waals surface area contributed by atoms with Crippen LogP contribution < -0.4 is 4.52 Å². The molecule has 0 saturated heterocycles. The van der Waals surface area contributed by atoms with E-state index in [1.807, 2.05) is 20.8 Å². The molecule has 4 N–H and O–H groups in total. The van der Waals surface area contributed by atoms with Crippen molar-refractivity contribution in [2.24, 2.45) is 0 Å². The third kappa shape index (κ3) is 3.36. The fourth-order valence-electron chi connectivity index (χ4n) is 1.37. The first-order valence-corrected chi connectivity index (χ1v) is 6.36. The number of aromatic hydroxyl groups is 2. The molecule has 17 heavy (non-hydrogen) atoms. The topological polar surface area (TPSA) is 107 Å². The molecule has 0 aromatic heterocycles. The number of rotatable bonds is 2. The van der Waals surface area contributed by atoms with E-state index in [0.717, 1.165) is 0 Å². The van der Waals surface area contributed by atoms with Crippen LogP contribution in [-0.4, -0.2) is 20.0 Å². The Balaban J connectivity index is 3.25. The van der Waals surface area contributed by atoms with Gasteiger partial charge in [-0.05, 0) is 11.5 Å². The van der Waals surface area contributed by atoms with Gasteiger partial charge in [0.2, 0.25) is 5.75 Å². The normalized spacial score (nSPS) is 12.5. The summed E-state index contributed by atoms with van der Waals surface area (Å²) < 4.78 is 14.9. The number of phenols is 2. The average molecular weight is 262 g/mol. The average Bonchev–Trinajstić information content (AvgIpc) is 2.08.